The average molecular weight is 332 g/mol. The van der Waals surface area contributed by atoms with Gasteiger partial charge in [0.2, 0.25) is 11.8 Å². The van der Waals surface area contributed by atoms with E-state index >= 15 is 0 Å². The number of methoxy groups -OCH3 is 1. The van der Waals surface area contributed by atoms with Crippen LogP contribution in [0.4, 0.5) is 0 Å². The second kappa shape index (κ2) is 8.71. The molecule has 2 atom stereocenters. The summed E-state index contributed by atoms with van der Waals surface area (Å²) in [5, 5.41) is 5.85. The molecule has 0 radical (unpaired) electrons. The van der Waals surface area contributed by atoms with Crippen molar-refractivity contribution in [2.45, 2.75) is 33.1 Å². The van der Waals surface area contributed by atoms with Gasteiger partial charge in [-0.3, -0.25) is 9.59 Å². The number of benzene rings is 1. The molecule has 5 heteroatoms. The summed E-state index contributed by atoms with van der Waals surface area (Å²) < 4.78 is 5.12. The van der Waals surface area contributed by atoms with Gasteiger partial charge in [-0.05, 0) is 42.9 Å². The summed E-state index contributed by atoms with van der Waals surface area (Å²) in [6, 6.07) is 7.81. The summed E-state index contributed by atoms with van der Waals surface area (Å²) in [5.41, 5.74) is 1.15. The summed E-state index contributed by atoms with van der Waals surface area (Å²) in [6.07, 6.45) is 2.41. The highest BCUT2D eigenvalue weighted by atomic mass is 16.5. The molecule has 1 aliphatic rings. The third-order valence-electron chi connectivity index (χ3n) is 4.36. The molecule has 0 aliphatic heterocycles. The van der Waals surface area contributed by atoms with Gasteiger partial charge in [0, 0.05) is 13.1 Å². The topological polar surface area (TPSA) is 67.4 Å². The quantitative estimate of drug-likeness (QED) is 0.728. The van der Waals surface area contributed by atoms with Gasteiger partial charge >= 0.3 is 0 Å². The van der Waals surface area contributed by atoms with Crippen molar-refractivity contribution in [1.29, 1.82) is 0 Å². The second-order valence-electron chi connectivity index (χ2n) is 6.81. The van der Waals surface area contributed by atoms with Crippen LogP contribution in [0.1, 0.15) is 32.3 Å². The molecule has 2 rings (SSSR count). The summed E-state index contributed by atoms with van der Waals surface area (Å²) >= 11 is 0. The predicted molar refractivity (Wildman–Crippen MR) is 93.8 cm³/mol. The molecule has 2 amide bonds. The third-order valence-corrected chi connectivity index (χ3v) is 4.36. The van der Waals surface area contributed by atoms with E-state index in [1.165, 1.54) is 0 Å². The number of amides is 2. The Hall–Kier alpha value is -2.04. The lowest BCUT2D eigenvalue weighted by atomic mass is 10.1. The number of ether oxygens (including phenoxy) is 1. The van der Waals surface area contributed by atoms with Crippen molar-refractivity contribution in [2.75, 3.05) is 20.2 Å². The Morgan fingerprint density at radius 2 is 1.67 bits per heavy atom. The number of rotatable bonds is 9. The van der Waals surface area contributed by atoms with Crippen LogP contribution in [0.25, 0.3) is 0 Å². The van der Waals surface area contributed by atoms with Gasteiger partial charge in [-0.15, -0.1) is 0 Å². The van der Waals surface area contributed by atoms with Crippen LogP contribution in [0.5, 0.6) is 5.75 Å². The van der Waals surface area contributed by atoms with Crippen molar-refractivity contribution in [3.8, 4) is 5.75 Å². The van der Waals surface area contributed by atoms with E-state index in [0.29, 0.717) is 25.4 Å². The van der Waals surface area contributed by atoms with E-state index in [-0.39, 0.29) is 23.7 Å². The molecule has 0 bridgehead atoms. The highest BCUT2D eigenvalue weighted by Gasteiger charge is 2.47. The van der Waals surface area contributed by atoms with Crippen molar-refractivity contribution in [3.63, 3.8) is 0 Å². The number of carbonyl (C=O) groups is 2. The summed E-state index contributed by atoms with van der Waals surface area (Å²) in [7, 11) is 1.64. The first-order valence-electron chi connectivity index (χ1n) is 8.69. The van der Waals surface area contributed by atoms with Gasteiger partial charge in [0.05, 0.1) is 18.9 Å². The normalized spacial score (nSPS) is 19.0. The van der Waals surface area contributed by atoms with Crippen LogP contribution >= 0.6 is 0 Å². The van der Waals surface area contributed by atoms with Crippen molar-refractivity contribution in [1.82, 2.24) is 10.6 Å². The molecule has 1 saturated carbocycles. The Morgan fingerprint density at radius 3 is 2.21 bits per heavy atom. The van der Waals surface area contributed by atoms with E-state index in [9.17, 15) is 9.59 Å². The summed E-state index contributed by atoms with van der Waals surface area (Å²) in [4.78, 5) is 24.0. The first-order chi connectivity index (χ1) is 11.5. The molecule has 5 nitrogen and oxygen atoms in total. The SMILES string of the molecule is COc1ccc(CCNC(=O)C2CC2C(=O)NCCC(C)C)cc1. The lowest BCUT2D eigenvalue weighted by Gasteiger charge is -2.08. The lowest BCUT2D eigenvalue weighted by Crippen LogP contribution is -2.31. The molecule has 2 N–H and O–H groups in total. The van der Waals surface area contributed by atoms with E-state index in [1.54, 1.807) is 7.11 Å². The van der Waals surface area contributed by atoms with Crippen molar-refractivity contribution in [3.05, 3.63) is 29.8 Å². The maximum absolute atomic E-state index is 12.1. The molecule has 2 unspecified atom stereocenters. The Labute approximate surface area is 144 Å². The van der Waals surface area contributed by atoms with Crippen LogP contribution < -0.4 is 15.4 Å². The fourth-order valence-electron chi connectivity index (χ4n) is 2.64. The zero-order valence-corrected chi connectivity index (χ0v) is 14.8. The Bertz CT molecular complexity index is 554. The Morgan fingerprint density at radius 1 is 1.08 bits per heavy atom. The van der Waals surface area contributed by atoms with Gasteiger partial charge in [0.1, 0.15) is 5.75 Å². The minimum atomic E-state index is -0.153. The second-order valence-corrected chi connectivity index (χ2v) is 6.81. The third kappa shape index (κ3) is 5.55. The highest BCUT2D eigenvalue weighted by molar-refractivity contribution is 5.92. The smallest absolute Gasteiger partial charge is 0.223 e. The largest absolute Gasteiger partial charge is 0.497 e. The minimum absolute atomic E-state index is 0.00692. The molecule has 0 aromatic heterocycles. The molecule has 24 heavy (non-hydrogen) atoms. The average Bonchev–Trinajstić information content (AvgIpc) is 3.36. The van der Waals surface area contributed by atoms with Gasteiger partial charge in [0.15, 0.2) is 0 Å². The molecule has 0 heterocycles. The Kier molecular flexibility index (Phi) is 6.64. The lowest BCUT2D eigenvalue weighted by molar-refractivity contribution is -0.127. The van der Waals surface area contributed by atoms with Crippen molar-refractivity contribution in [2.24, 2.45) is 17.8 Å². The number of carbonyl (C=O) groups excluding carboxylic acids is 2. The van der Waals surface area contributed by atoms with Gasteiger partial charge in [-0.1, -0.05) is 26.0 Å². The molecule has 1 aromatic rings. The van der Waals surface area contributed by atoms with Crippen LogP contribution in [0.3, 0.4) is 0 Å². The molecule has 0 saturated heterocycles. The van der Waals surface area contributed by atoms with Gasteiger partial charge < -0.3 is 15.4 Å². The highest BCUT2D eigenvalue weighted by Crippen LogP contribution is 2.38. The van der Waals surface area contributed by atoms with E-state index in [2.05, 4.69) is 24.5 Å². The summed E-state index contributed by atoms with van der Waals surface area (Å²) in [6.45, 7) is 5.53. The minimum Gasteiger partial charge on any atom is -0.497 e. The van der Waals surface area contributed by atoms with Crippen molar-refractivity contribution < 1.29 is 14.3 Å². The van der Waals surface area contributed by atoms with Crippen LogP contribution in [-0.4, -0.2) is 32.0 Å². The van der Waals surface area contributed by atoms with E-state index < -0.39 is 0 Å². The van der Waals surface area contributed by atoms with Gasteiger partial charge in [0.25, 0.3) is 0 Å². The van der Waals surface area contributed by atoms with Crippen LogP contribution in [0.15, 0.2) is 24.3 Å². The first-order valence-corrected chi connectivity index (χ1v) is 8.69. The fraction of sp³-hybridized carbons (Fsp3) is 0.579. The van der Waals surface area contributed by atoms with E-state index in [0.717, 1.165) is 24.2 Å². The van der Waals surface area contributed by atoms with Crippen LogP contribution in [0.2, 0.25) is 0 Å². The molecule has 132 valence electrons. The zero-order valence-electron chi connectivity index (χ0n) is 14.8. The molecule has 1 aromatic carbocycles. The molecule has 0 spiro atoms. The first kappa shape index (κ1) is 18.3. The summed E-state index contributed by atoms with van der Waals surface area (Å²) in [5.74, 6) is 1.12. The fourth-order valence-corrected chi connectivity index (χ4v) is 2.64. The van der Waals surface area contributed by atoms with E-state index in [1.807, 2.05) is 24.3 Å². The molecular formula is C19H28N2O3. The predicted octanol–water partition coefficient (Wildman–Crippen LogP) is 2.15. The molecule has 1 aliphatic carbocycles. The number of hydrogen-bond acceptors (Lipinski definition) is 3. The number of nitrogens with one attached hydrogen (secondary N) is 2. The van der Waals surface area contributed by atoms with Crippen LogP contribution in [0, 0.1) is 17.8 Å². The zero-order chi connectivity index (χ0) is 17.5. The van der Waals surface area contributed by atoms with Gasteiger partial charge in [-0.2, -0.15) is 0 Å². The maximum Gasteiger partial charge on any atom is 0.223 e. The number of hydrogen-bond donors (Lipinski definition) is 2. The standard InChI is InChI=1S/C19H28N2O3/c1-13(2)8-10-20-18(22)16-12-17(16)19(23)21-11-9-14-4-6-15(24-3)7-5-14/h4-7,13,16-17H,8-12H2,1-3H3,(H,20,22)(H,21,23). The Balaban J connectivity index is 1.64. The molecular weight excluding hydrogens is 304 g/mol. The van der Waals surface area contributed by atoms with Crippen LogP contribution in [-0.2, 0) is 16.0 Å². The van der Waals surface area contributed by atoms with Crippen molar-refractivity contribution >= 4 is 11.8 Å². The monoisotopic (exact) mass is 332 g/mol. The maximum atomic E-state index is 12.1. The molecule has 1 fully saturated rings. The van der Waals surface area contributed by atoms with Gasteiger partial charge in [-0.25, -0.2) is 0 Å². The van der Waals surface area contributed by atoms with E-state index in [4.69, 9.17) is 4.74 Å².